The van der Waals surface area contributed by atoms with Crippen LogP contribution in [-0.4, -0.2) is 20.9 Å². The lowest BCUT2D eigenvalue weighted by Crippen LogP contribution is -2.23. The Morgan fingerprint density at radius 2 is 1.76 bits per heavy atom. The summed E-state index contributed by atoms with van der Waals surface area (Å²) in [6.07, 6.45) is 1.40. The lowest BCUT2D eigenvalue weighted by molar-refractivity contribution is -0.117. The van der Waals surface area contributed by atoms with Crippen LogP contribution in [0.5, 0.6) is 0 Å². The van der Waals surface area contributed by atoms with E-state index in [1.54, 1.807) is 41.3 Å². The fourth-order valence-corrected chi connectivity index (χ4v) is 4.20. The van der Waals surface area contributed by atoms with E-state index in [4.69, 9.17) is 23.2 Å². The minimum absolute atomic E-state index is 0.0907. The minimum atomic E-state index is -3.59. The molecule has 2 aromatic rings. The van der Waals surface area contributed by atoms with Gasteiger partial charge in [0.25, 0.3) is 0 Å². The fourth-order valence-electron chi connectivity index (χ4n) is 2.70. The molecule has 8 heteroatoms. The molecule has 1 fully saturated rings. The Balaban J connectivity index is 1.70. The lowest BCUT2D eigenvalue weighted by Gasteiger charge is -2.16. The van der Waals surface area contributed by atoms with Crippen LogP contribution < -0.4 is 9.62 Å². The molecule has 1 saturated heterocycles. The number of benzene rings is 2. The van der Waals surface area contributed by atoms with E-state index in [-0.39, 0.29) is 11.7 Å². The molecule has 1 aliphatic heterocycles. The van der Waals surface area contributed by atoms with Gasteiger partial charge >= 0.3 is 0 Å². The first-order valence-electron chi connectivity index (χ1n) is 7.69. The maximum Gasteiger partial charge on any atom is 0.236 e. The number of rotatable bonds is 5. The molecule has 0 aromatic heterocycles. The molecule has 1 N–H and O–H groups in total. The van der Waals surface area contributed by atoms with Crippen LogP contribution in [0.15, 0.2) is 42.5 Å². The lowest BCUT2D eigenvalue weighted by atomic mass is 10.2. The highest BCUT2D eigenvalue weighted by molar-refractivity contribution is 7.91. The van der Waals surface area contributed by atoms with E-state index in [9.17, 15) is 13.2 Å². The average Bonchev–Trinajstić information content (AvgIpc) is 2.97. The number of amides is 1. The van der Waals surface area contributed by atoms with Gasteiger partial charge in [-0.3, -0.25) is 9.52 Å². The second-order valence-electron chi connectivity index (χ2n) is 5.81. The molecule has 1 heterocycles. The maximum absolute atomic E-state index is 12.3. The molecule has 3 rings (SSSR count). The Morgan fingerprint density at radius 3 is 2.36 bits per heavy atom. The largest absolute Gasteiger partial charge is 0.312 e. The summed E-state index contributed by atoms with van der Waals surface area (Å²) < 4.78 is 27.1. The Hall–Kier alpha value is -1.76. The first-order valence-corrected chi connectivity index (χ1v) is 10.1. The Bertz CT molecular complexity index is 899. The molecule has 132 valence electrons. The van der Waals surface area contributed by atoms with Crippen LogP contribution >= 0.6 is 23.2 Å². The van der Waals surface area contributed by atoms with Crippen LogP contribution in [0.2, 0.25) is 10.0 Å². The van der Waals surface area contributed by atoms with Gasteiger partial charge in [0.05, 0.1) is 15.8 Å². The van der Waals surface area contributed by atoms with Gasteiger partial charge in [0.1, 0.15) is 0 Å². The van der Waals surface area contributed by atoms with E-state index in [1.807, 2.05) is 0 Å². The molecule has 2 aromatic carbocycles. The third kappa shape index (κ3) is 4.45. The van der Waals surface area contributed by atoms with Crippen molar-refractivity contribution in [3.63, 3.8) is 0 Å². The molecule has 0 atom stereocenters. The van der Waals surface area contributed by atoms with Gasteiger partial charge in [0.2, 0.25) is 15.9 Å². The van der Waals surface area contributed by atoms with Crippen LogP contribution in [-0.2, 0) is 20.6 Å². The molecule has 0 saturated carbocycles. The van der Waals surface area contributed by atoms with Gasteiger partial charge in [0, 0.05) is 24.3 Å². The second kappa shape index (κ2) is 7.23. The monoisotopic (exact) mass is 398 g/mol. The van der Waals surface area contributed by atoms with Gasteiger partial charge < -0.3 is 4.90 Å². The van der Waals surface area contributed by atoms with Crippen molar-refractivity contribution in [3.05, 3.63) is 58.1 Å². The van der Waals surface area contributed by atoms with Crippen LogP contribution in [0.3, 0.4) is 0 Å². The molecule has 0 bridgehead atoms. The molecule has 25 heavy (non-hydrogen) atoms. The predicted molar refractivity (Wildman–Crippen MR) is 101 cm³/mol. The van der Waals surface area contributed by atoms with Crippen LogP contribution in [0, 0.1) is 0 Å². The highest BCUT2D eigenvalue weighted by Gasteiger charge is 2.21. The number of halogens is 2. The zero-order chi connectivity index (χ0) is 18.0. The summed E-state index contributed by atoms with van der Waals surface area (Å²) >= 11 is 11.8. The first-order chi connectivity index (χ1) is 11.8. The summed E-state index contributed by atoms with van der Waals surface area (Å²) in [6, 6.07) is 11.5. The van der Waals surface area contributed by atoms with Gasteiger partial charge in [-0.1, -0.05) is 29.3 Å². The second-order valence-corrected chi connectivity index (χ2v) is 8.34. The predicted octanol–water partition coefficient (Wildman–Crippen LogP) is 4.06. The summed E-state index contributed by atoms with van der Waals surface area (Å²) in [5, 5.41) is 0.692. The van der Waals surface area contributed by atoms with E-state index < -0.39 is 10.0 Å². The third-order valence-electron chi connectivity index (χ3n) is 3.87. The molecule has 0 spiro atoms. The molecule has 0 unspecified atom stereocenters. The highest BCUT2D eigenvalue weighted by Crippen LogP contribution is 2.25. The molecule has 1 aliphatic rings. The minimum Gasteiger partial charge on any atom is -0.312 e. The summed E-state index contributed by atoms with van der Waals surface area (Å²) in [5.74, 6) is -0.121. The molecule has 0 aliphatic carbocycles. The SMILES string of the molecule is O=C1CCCN1c1ccc(NS(=O)(=O)Cc2ccc(Cl)c(Cl)c2)cc1. The summed E-state index contributed by atoms with van der Waals surface area (Å²) in [6.45, 7) is 0.696. The standard InChI is InChI=1S/C17H16Cl2N2O3S/c18-15-8-3-12(10-16(15)19)11-25(23,24)20-13-4-6-14(7-5-13)21-9-1-2-17(21)22/h3-8,10,20H,1-2,9,11H2. The van der Waals surface area contributed by atoms with Crippen LogP contribution in [0.25, 0.3) is 0 Å². The third-order valence-corrected chi connectivity index (χ3v) is 5.87. The Labute approximate surface area is 156 Å². The van der Waals surface area contributed by atoms with Crippen LogP contribution in [0.4, 0.5) is 11.4 Å². The van der Waals surface area contributed by atoms with Crippen molar-refractivity contribution in [2.24, 2.45) is 0 Å². The highest BCUT2D eigenvalue weighted by atomic mass is 35.5. The van der Waals surface area contributed by atoms with E-state index >= 15 is 0 Å². The molecular weight excluding hydrogens is 383 g/mol. The summed E-state index contributed by atoms with van der Waals surface area (Å²) in [5.41, 5.74) is 1.76. The average molecular weight is 399 g/mol. The van der Waals surface area contributed by atoms with Crippen molar-refractivity contribution < 1.29 is 13.2 Å². The zero-order valence-corrected chi connectivity index (χ0v) is 15.5. The molecule has 5 nitrogen and oxygen atoms in total. The maximum atomic E-state index is 12.3. The van der Waals surface area contributed by atoms with E-state index in [1.165, 1.54) is 6.07 Å². The van der Waals surface area contributed by atoms with Crippen molar-refractivity contribution >= 4 is 50.5 Å². The van der Waals surface area contributed by atoms with E-state index in [0.29, 0.717) is 34.3 Å². The van der Waals surface area contributed by atoms with Gasteiger partial charge in [-0.05, 0) is 48.4 Å². The first kappa shape index (κ1) is 18.0. The van der Waals surface area contributed by atoms with E-state index in [2.05, 4.69) is 4.72 Å². The number of hydrogen-bond donors (Lipinski definition) is 1. The van der Waals surface area contributed by atoms with Crippen LogP contribution in [0.1, 0.15) is 18.4 Å². The van der Waals surface area contributed by atoms with Gasteiger partial charge in [0.15, 0.2) is 0 Å². The van der Waals surface area contributed by atoms with Crippen molar-refractivity contribution in [1.82, 2.24) is 0 Å². The van der Waals surface area contributed by atoms with Gasteiger partial charge in [-0.2, -0.15) is 0 Å². The number of carbonyl (C=O) groups is 1. The fraction of sp³-hybridized carbons (Fsp3) is 0.235. The summed E-state index contributed by atoms with van der Waals surface area (Å²) in [4.78, 5) is 13.4. The Morgan fingerprint density at radius 1 is 1.04 bits per heavy atom. The number of nitrogens with zero attached hydrogens (tertiary/aromatic N) is 1. The number of sulfonamides is 1. The van der Waals surface area contributed by atoms with Crippen molar-refractivity contribution in [1.29, 1.82) is 0 Å². The number of carbonyl (C=O) groups excluding carboxylic acids is 1. The number of hydrogen-bond acceptors (Lipinski definition) is 3. The Kier molecular flexibility index (Phi) is 5.22. The molecule has 1 amide bonds. The van der Waals surface area contributed by atoms with Crippen molar-refractivity contribution in [2.75, 3.05) is 16.2 Å². The van der Waals surface area contributed by atoms with Crippen molar-refractivity contribution in [3.8, 4) is 0 Å². The zero-order valence-electron chi connectivity index (χ0n) is 13.2. The van der Waals surface area contributed by atoms with Gasteiger partial charge in [-0.15, -0.1) is 0 Å². The van der Waals surface area contributed by atoms with Gasteiger partial charge in [-0.25, -0.2) is 8.42 Å². The summed E-state index contributed by atoms with van der Waals surface area (Å²) in [7, 11) is -3.59. The number of anilines is 2. The normalized spacial score (nSPS) is 14.8. The number of nitrogens with one attached hydrogen (secondary N) is 1. The van der Waals surface area contributed by atoms with E-state index in [0.717, 1.165) is 12.1 Å². The smallest absolute Gasteiger partial charge is 0.236 e. The topological polar surface area (TPSA) is 66.5 Å². The quantitative estimate of drug-likeness (QED) is 0.825. The molecular formula is C17H16Cl2N2O3S. The molecule has 0 radical (unpaired) electrons. The van der Waals surface area contributed by atoms with Crippen molar-refractivity contribution in [2.45, 2.75) is 18.6 Å².